The smallest absolute Gasteiger partial charge is 0.242 e. The van der Waals surface area contributed by atoms with Crippen LogP contribution < -0.4 is 16.4 Å². The molecule has 0 aromatic heterocycles. The van der Waals surface area contributed by atoms with Crippen LogP contribution in [0.15, 0.2) is 0 Å². The lowest BCUT2D eigenvalue weighted by atomic mass is 9.77. The van der Waals surface area contributed by atoms with E-state index in [-0.39, 0.29) is 29.7 Å². The van der Waals surface area contributed by atoms with Gasteiger partial charge in [0.25, 0.3) is 0 Å². The van der Waals surface area contributed by atoms with Gasteiger partial charge in [0.15, 0.2) is 0 Å². The first-order chi connectivity index (χ1) is 9.32. The highest BCUT2D eigenvalue weighted by molar-refractivity contribution is 5.88. The number of amides is 2. The quantitative estimate of drug-likeness (QED) is 0.704. The van der Waals surface area contributed by atoms with E-state index < -0.39 is 6.04 Å². The molecule has 4 unspecified atom stereocenters. The molecule has 0 aliphatic heterocycles. The minimum Gasteiger partial charge on any atom is -0.354 e. The summed E-state index contributed by atoms with van der Waals surface area (Å²) in [5, 5.41) is 5.65. The van der Waals surface area contributed by atoms with Crippen LogP contribution >= 0.6 is 0 Å². The van der Waals surface area contributed by atoms with Crippen LogP contribution in [0, 0.1) is 17.8 Å². The zero-order valence-corrected chi connectivity index (χ0v) is 13.1. The van der Waals surface area contributed by atoms with Crippen molar-refractivity contribution in [2.24, 2.45) is 23.5 Å². The van der Waals surface area contributed by atoms with Gasteiger partial charge in [0.1, 0.15) is 6.04 Å². The van der Waals surface area contributed by atoms with Crippen molar-refractivity contribution in [3.63, 3.8) is 0 Å². The summed E-state index contributed by atoms with van der Waals surface area (Å²) < 4.78 is 0. The predicted molar refractivity (Wildman–Crippen MR) is 79.9 cm³/mol. The fraction of sp³-hybridized carbons (Fsp3) is 0.867. The second-order valence-electron chi connectivity index (χ2n) is 6.43. The maximum atomic E-state index is 12.3. The third kappa shape index (κ3) is 4.78. The molecule has 0 heterocycles. The second kappa shape index (κ2) is 7.62. The topological polar surface area (TPSA) is 84.2 Å². The molecule has 5 nitrogen and oxygen atoms in total. The molecule has 1 rings (SSSR count). The van der Waals surface area contributed by atoms with Crippen molar-refractivity contribution in [1.82, 2.24) is 10.6 Å². The highest BCUT2D eigenvalue weighted by Gasteiger charge is 2.33. The van der Waals surface area contributed by atoms with Crippen molar-refractivity contribution >= 4 is 11.8 Å². The number of nitrogens with two attached hydrogens (primary N) is 1. The first kappa shape index (κ1) is 17.0. The lowest BCUT2D eigenvalue weighted by Crippen LogP contribution is -2.50. The molecule has 116 valence electrons. The fourth-order valence-corrected chi connectivity index (χ4v) is 2.61. The average molecular weight is 283 g/mol. The molecule has 1 aliphatic rings. The Hall–Kier alpha value is -1.10. The van der Waals surface area contributed by atoms with E-state index in [4.69, 9.17) is 5.73 Å². The van der Waals surface area contributed by atoms with Gasteiger partial charge in [-0.15, -0.1) is 0 Å². The number of hydrogen-bond acceptors (Lipinski definition) is 3. The van der Waals surface area contributed by atoms with Crippen molar-refractivity contribution < 1.29 is 9.59 Å². The van der Waals surface area contributed by atoms with Gasteiger partial charge in [0, 0.05) is 18.5 Å². The van der Waals surface area contributed by atoms with Crippen LogP contribution in [0.25, 0.3) is 0 Å². The van der Waals surface area contributed by atoms with Gasteiger partial charge in [-0.25, -0.2) is 0 Å². The van der Waals surface area contributed by atoms with E-state index in [0.29, 0.717) is 12.5 Å². The third-order valence-electron chi connectivity index (χ3n) is 4.14. The first-order valence-corrected chi connectivity index (χ1v) is 7.66. The number of hydrogen-bond donors (Lipinski definition) is 3. The zero-order chi connectivity index (χ0) is 15.3. The predicted octanol–water partition coefficient (Wildman–Crippen LogP) is 1.03. The van der Waals surface area contributed by atoms with Crippen molar-refractivity contribution in [3.8, 4) is 0 Å². The number of rotatable bonds is 5. The molecule has 0 radical (unpaired) electrons. The summed E-state index contributed by atoms with van der Waals surface area (Å²) in [6.07, 6.45) is 2.83. The summed E-state index contributed by atoms with van der Waals surface area (Å²) >= 11 is 0. The summed E-state index contributed by atoms with van der Waals surface area (Å²) in [7, 11) is 0. The highest BCUT2D eigenvalue weighted by Crippen LogP contribution is 2.29. The van der Waals surface area contributed by atoms with Gasteiger partial charge in [-0.3, -0.25) is 9.59 Å². The molecule has 0 spiro atoms. The Bertz CT molecular complexity index is 344. The van der Waals surface area contributed by atoms with Gasteiger partial charge in [-0.1, -0.05) is 27.2 Å². The normalized spacial score (nSPS) is 28.0. The van der Waals surface area contributed by atoms with E-state index in [1.165, 1.54) is 0 Å². The summed E-state index contributed by atoms with van der Waals surface area (Å²) in [6.45, 7) is 8.45. The minimum absolute atomic E-state index is 0.0418. The van der Waals surface area contributed by atoms with Gasteiger partial charge in [0.2, 0.25) is 11.8 Å². The molecular formula is C15H29N3O2. The highest BCUT2D eigenvalue weighted by atomic mass is 16.2. The van der Waals surface area contributed by atoms with Crippen LogP contribution in [-0.4, -0.2) is 30.4 Å². The van der Waals surface area contributed by atoms with Crippen molar-refractivity contribution in [2.45, 2.75) is 59.0 Å². The van der Waals surface area contributed by atoms with Crippen LogP contribution in [0.1, 0.15) is 47.0 Å². The van der Waals surface area contributed by atoms with Crippen LogP contribution in [0.3, 0.4) is 0 Å². The Labute approximate surface area is 122 Å². The maximum absolute atomic E-state index is 12.3. The number of carbonyl (C=O) groups is 2. The Morgan fingerprint density at radius 3 is 2.50 bits per heavy atom. The largest absolute Gasteiger partial charge is 0.354 e. The second-order valence-corrected chi connectivity index (χ2v) is 6.43. The molecular weight excluding hydrogens is 254 g/mol. The van der Waals surface area contributed by atoms with E-state index in [1.54, 1.807) is 6.92 Å². The molecule has 0 saturated heterocycles. The number of carbonyl (C=O) groups excluding carboxylic acids is 2. The molecule has 1 saturated carbocycles. The lowest BCUT2D eigenvalue weighted by Gasteiger charge is -2.33. The monoisotopic (exact) mass is 283 g/mol. The molecule has 1 fully saturated rings. The van der Waals surface area contributed by atoms with Crippen LogP contribution in [0.2, 0.25) is 0 Å². The van der Waals surface area contributed by atoms with E-state index in [1.807, 2.05) is 20.8 Å². The Balaban J connectivity index is 2.46. The molecule has 0 aromatic carbocycles. The van der Waals surface area contributed by atoms with Gasteiger partial charge in [-0.05, 0) is 31.6 Å². The summed E-state index contributed by atoms with van der Waals surface area (Å²) in [5.41, 5.74) is 6.02. The third-order valence-corrected chi connectivity index (χ3v) is 4.14. The Morgan fingerprint density at radius 1 is 1.25 bits per heavy atom. The van der Waals surface area contributed by atoms with Gasteiger partial charge < -0.3 is 16.4 Å². The van der Waals surface area contributed by atoms with Crippen molar-refractivity contribution in [2.75, 3.05) is 6.54 Å². The molecule has 4 N–H and O–H groups in total. The van der Waals surface area contributed by atoms with Crippen molar-refractivity contribution in [1.29, 1.82) is 0 Å². The first-order valence-electron chi connectivity index (χ1n) is 7.66. The van der Waals surface area contributed by atoms with Gasteiger partial charge in [-0.2, -0.15) is 0 Å². The standard InChI is InChI=1S/C15H29N3O2/c1-9(2)8-17-14(19)11(4)18-15(20)12-6-5-7-13(16)10(12)3/h9-13H,5-8,16H2,1-4H3,(H,17,19)(H,18,20). The Kier molecular flexibility index (Phi) is 6.46. The summed E-state index contributed by atoms with van der Waals surface area (Å²) in [4.78, 5) is 24.1. The molecule has 20 heavy (non-hydrogen) atoms. The minimum atomic E-state index is -0.494. The summed E-state index contributed by atoms with van der Waals surface area (Å²) in [6, 6.07) is -0.406. The van der Waals surface area contributed by atoms with E-state index >= 15 is 0 Å². The maximum Gasteiger partial charge on any atom is 0.242 e. The van der Waals surface area contributed by atoms with Gasteiger partial charge >= 0.3 is 0 Å². The SMILES string of the molecule is CC(C)CNC(=O)C(C)NC(=O)C1CCCC(N)C1C. The number of nitrogens with one attached hydrogen (secondary N) is 2. The molecule has 4 atom stereocenters. The Morgan fingerprint density at radius 2 is 1.90 bits per heavy atom. The molecule has 5 heteroatoms. The van der Waals surface area contributed by atoms with Crippen LogP contribution in [-0.2, 0) is 9.59 Å². The van der Waals surface area contributed by atoms with Gasteiger partial charge in [0.05, 0.1) is 0 Å². The summed E-state index contributed by atoms with van der Waals surface area (Å²) in [5.74, 6) is 0.339. The molecule has 1 aliphatic carbocycles. The lowest BCUT2D eigenvalue weighted by molar-refractivity contribution is -0.132. The van der Waals surface area contributed by atoms with Crippen molar-refractivity contribution in [3.05, 3.63) is 0 Å². The fourth-order valence-electron chi connectivity index (χ4n) is 2.61. The average Bonchev–Trinajstić information content (AvgIpc) is 2.38. The van der Waals surface area contributed by atoms with Crippen LogP contribution in [0.5, 0.6) is 0 Å². The van der Waals surface area contributed by atoms with Crippen LogP contribution in [0.4, 0.5) is 0 Å². The van der Waals surface area contributed by atoms with E-state index in [9.17, 15) is 9.59 Å². The molecule has 2 amide bonds. The molecule has 0 aromatic rings. The molecule has 0 bridgehead atoms. The van der Waals surface area contributed by atoms with E-state index in [2.05, 4.69) is 10.6 Å². The van der Waals surface area contributed by atoms with E-state index in [0.717, 1.165) is 19.3 Å². The zero-order valence-electron chi connectivity index (χ0n) is 13.1.